The molecule has 0 aromatic heterocycles. The van der Waals surface area contributed by atoms with Crippen LogP contribution in [0.15, 0.2) is 67.3 Å². The number of carboxylic acids is 1. The van der Waals surface area contributed by atoms with Gasteiger partial charge in [-0.1, -0.05) is 54.6 Å². The fraction of sp³-hybridized carbons (Fsp3) is 0.320. The van der Waals surface area contributed by atoms with Gasteiger partial charge in [-0.05, 0) is 78.7 Å². The molecule has 0 saturated heterocycles. The molecule has 2 heteroatoms. The third-order valence-electron chi connectivity index (χ3n) is 5.67. The minimum Gasteiger partial charge on any atom is -0.478 e. The summed E-state index contributed by atoms with van der Waals surface area (Å²) in [6.45, 7) is 3.83. The summed E-state index contributed by atoms with van der Waals surface area (Å²) in [7, 11) is 0. The second-order valence-corrected chi connectivity index (χ2v) is 7.50. The number of aliphatic carboxylic acids is 1. The van der Waals surface area contributed by atoms with Crippen molar-refractivity contribution in [2.75, 3.05) is 0 Å². The first-order chi connectivity index (χ1) is 13.2. The molecule has 0 amide bonds. The minimum atomic E-state index is -0.926. The molecule has 1 fully saturated rings. The molecular formula is C25H28O2. The predicted molar refractivity (Wildman–Crippen MR) is 113 cm³/mol. The van der Waals surface area contributed by atoms with Crippen LogP contribution >= 0.6 is 0 Å². The van der Waals surface area contributed by atoms with Gasteiger partial charge in [0.15, 0.2) is 0 Å². The summed E-state index contributed by atoms with van der Waals surface area (Å²) in [5.74, 6) is 0.652. The summed E-state index contributed by atoms with van der Waals surface area (Å²) in [6.07, 6.45) is 12.5. The summed E-state index contributed by atoms with van der Waals surface area (Å²) in [5.41, 5.74) is 4.71. The molecule has 0 radical (unpaired) electrons. The normalized spacial score (nSPS) is 19.9. The van der Waals surface area contributed by atoms with Crippen molar-refractivity contribution >= 4 is 12.0 Å². The van der Waals surface area contributed by atoms with E-state index in [9.17, 15) is 4.79 Å². The maximum Gasteiger partial charge on any atom is 0.328 e. The highest BCUT2D eigenvalue weighted by atomic mass is 16.4. The van der Waals surface area contributed by atoms with E-state index in [1.165, 1.54) is 43.2 Å². The van der Waals surface area contributed by atoms with Gasteiger partial charge in [0, 0.05) is 6.08 Å². The molecule has 1 aliphatic carbocycles. The van der Waals surface area contributed by atoms with E-state index in [1.807, 2.05) is 30.3 Å². The lowest BCUT2D eigenvalue weighted by Gasteiger charge is -2.28. The van der Waals surface area contributed by atoms with Gasteiger partial charge >= 0.3 is 5.97 Å². The predicted octanol–water partition coefficient (Wildman–Crippen LogP) is 6.69. The Balaban J connectivity index is 1.60. The van der Waals surface area contributed by atoms with Crippen LogP contribution < -0.4 is 0 Å². The molecular weight excluding hydrogens is 332 g/mol. The van der Waals surface area contributed by atoms with E-state index in [0.717, 1.165) is 29.5 Å². The van der Waals surface area contributed by atoms with Crippen LogP contribution in [-0.2, 0) is 4.79 Å². The maximum absolute atomic E-state index is 10.6. The standard InChI is InChI=1S/C25H28O2/c1-2-3-4-19-5-10-21(11-6-19)23-14-16-24(17-15-23)22-12-7-20(8-13-22)9-18-25(26)27/h2,7-9,12-19,21H,1,3-6,10-11H2,(H,26,27)/b18-9+. The van der Waals surface area contributed by atoms with Crippen LogP contribution in [0.2, 0.25) is 0 Å². The summed E-state index contributed by atoms with van der Waals surface area (Å²) in [6, 6.07) is 17.0. The Morgan fingerprint density at radius 2 is 1.56 bits per heavy atom. The van der Waals surface area contributed by atoms with E-state index in [-0.39, 0.29) is 0 Å². The van der Waals surface area contributed by atoms with Crippen molar-refractivity contribution in [3.63, 3.8) is 0 Å². The van der Waals surface area contributed by atoms with Crippen LogP contribution in [0, 0.1) is 5.92 Å². The second kappa shape index (κ2) is 9.36. The summed E-state index contributed by atoms with van der Waals surface area (Å²) < 4.78 is 0. The number of allylic oxidation sites excluding steroid dienone is 1. The molecule has 0 aliphatic heterocycles. The molecule has 2 aromatic rings. The molecule has 3 rings (SSSR count). The van der Waals surface area contributed by atoms with Gasteiger partial charge in [0.2, 0.25) is 0 Å². The van der Waals surface area contributed by atoms with Crippen molar-refractivity contribution in [3.05, 3.63) is 78.4 Å². The summed E-state index contributed by atoms with van der Waals surface area (Å²) in [5, 5.41) is 8.70. The van der Waals surface area contributed by atoms with Crippen LogP contribution in [0.3, 0.4) is 0 Å². The van der Waals surface area contributed by atoms with E-state index >= 15 is 0 Å². The molecule has 1 saturated carbocycles. The Morgan fingerprint density at radius 1 is 0.963 bits per heavy atom. The molecule has 1 N–H and O–H groups in total. The van der Waals surface area contributed by atoms with E-state index in [1.54, 1.807) is 6.08 Å². The van der Waals surface area contributed by atoms with E-state index in [4.69, 9.17) is 5.11 Å². The SMILES string of the molecule is C=CCCC1CCC(c2ccc(-c3ccc(/C=C/C(=O)O)cc3)cc2)CC1. The molecule has 0 heterocycles. The van der Waals surface area contributed by atoms with Gasteiger partial charge in [-0.3, -0.25) is 0 Å². The first kappa shape index (κ1) is 19.2. The average molecular weight is 360 g/mol. The Bertz CT molecular complexity index is 776. The first-order valence-electron chi connectivity index (χ1n) is 9.88. The highest BCUT2D eigenvalue weighted by Gasteiger charge is 2.21. The van der Waals surface area contributed by atoms with Crippen molar-refractivity contribution < 1.29 is 9.90 Å². The maximum atomic E-state index is 10.6. The topological polar surface area (TPSA) is 37.3 Å². The number of hydrogen-bond acceptors (Lipinski definition) is 1. The Morgan fingerprint density at radius 3 is 2.11 bits per heavy atom. The third kappa shape index (κ3) is 5.43. The molecule has 1 aliphatic rings. The lowest BCUT2D eigenvalue weighted by Crippen LogP contribution is -2.13. The van der Waals surface area contributed by atoms with Crippen LogP contribution in [-0.4, -0.2) is 11.1 Å². The summed E-state index contributed by atoms with van der Waals surface area (Å²) in [4.78, 5) is 10.6. The van der Waals surface area contributed by atoms with E-state index in [0.29, 0.717) is 5.92 Å². The fourth-order valence-corrected chi connectivity index (χ4v) is 4.04. The van der Waals surface area contributed by atoms with Crippen molar-refractivity contribution in [2.45, 2.75) is 44.4 Å². The number of carbonyl (C=O) groups is 1. The average Bonchev–Trinajstić information content (AvgIpc) is 2.72. The Hall–Kier alpha value is -2.61. The van der Waals surface area contributed by atoms with Crippen molar-refractivity contribution in [1.82, 2.24) is 0 Å². The zero-order valence-corrected chi connectivity index (χ0v) is 15.8. The van der Waals surface area contributed by atoms with Gasteiger partial charge in [-0.25, -0.2) is 4.79 Å². The molecule has 27 heavy (non-hydrogen) atoms. The monoisotopic (exact) mass is 360 g/mol. The van der Waals surface area contributed by atoms with Gasteiger partial charge in [0.1, 0.15) is 0 Å². The van der Waals surface area contributed by atoms with Crippen LogP contribution in [0.1, 0.15) is 55.6 Å². The number of benzene rings is 2. The molecule has 2 aromatic carbocycles. The van der Waals surface area contributed by atoms with Gasteiger partial charge < -0.3 is 5.11 Å². The zero-order chi connectivity index (χ0) is 19.1. The largest absolute Gasteiger partial charge is 0.478 e. The lowest BCUT2D eigenvalue weighted by molar-refractivity contribution is -0.131. The first-order valence-corrected chi connectivity index (χ1v) is 9.88. The highest BCUT2D eigenvalue weighted by Crippen LogP contribution is 2.38. The smallest absolute Gasteiger partial charge is 0.328 e. The van der Waals surface area contributed by atoms with Crippen LogP contribution in [0.25, 0.3) is 17.2 Å². The molecule has 140 valence electrons. The van der Waals surface area contributed by atoms with Gasteiger partial charge in [-0.15, -0.1) is 6.58 Å². The molecule has 0 unspecified atom stereocenters. The number of carboxylic acid groups (broad SMARTS) is 1. The Labute approximate surface area is 162 Å². The van der Waals surface area contributed by atoms with Crippen molar-refractivity contribution in [3.8, 4) is 11.1 Å². The van der Waals surface area contributed by atoms with Gasteiger partial charge in [0.05, 0.1) is 0 Å². The fourth-order valence-electron chi connectivity index (χ4n) is 4.04. The molecule has 0 bridgehead atoms. The molecule has 0 atom stereocenters. The zero-order valence-electron chi connectivity index (χ0n) is 15.8. The van der Waals surface area contributed by atoms with Gasteiger partial charge in [0.25, 0.3) is 0 Å². The van der Waals surface area contributed by atoms with Crippen molar-refractivity contribution in [1.29, 1.82) is 0 Å². The Kier molecular flexibility index (Phi) is 6.64. The van der Waals surface area contributed by atoms with Crippen LogP contribution in [0.5, 0.6) is 0 Å². The molecule has 2 nitrogen and oxygen atoms in total. The van der Waals surface area contributed by atoms with Gasteiger partial charge in [-0.2, -0.15) is 0 Å². The third-order valence-corrected chi connectivity index (χ3v) is 5.67. The van der Waals surface area contributed by atoms with Crippen LogP contribution in [0.4, 0.5) is 0 Å². The second-order valence-electron chi connectivity index (χ2n) is 7.50. The number of hydrogen-bond donors (Lipinski definition) is 1. The van der Waals surface area contributed by atoms with E-state index in [2.05, 4.69) is 30.8 Å². The van der Waals surface area contributed by atoms with Crippen molar-refractivity contribution in [2.24, 2.45) is 5.92 Å². The van der Waals surface area contributed by atoms with E-state index < -0.39 is 5.97 Å². The summed E-state index contributed by atoms with van der Waals surface area (Å²) >= 11 is 0. The number of rotatable bonds is 7. The minimum absolute atomic E-state index is 0.697. The molecule has 0 spiro atoms. The lowest BCUT2D eigenvalue weighted by atomic mass is 9.77. The quantitative estimate of drug-likeness (QED) is 0.441. The highest BCUT2D eigenvalue weighted by molar-refractivity contribution is 5.85.